The monoisotopic (exact) mass is 267 g/mol. The smallest absolute Gasteiger partial charge is 0.347 e. The van der Waals surface area contributed by atoms with E-state index in [0.29, 0.717) is 5.75 Å². The van der Waals surface area contributed by atoms with Gasteiger partial charge < -0.3 is 19.9 Å². The Balaban J connectivity index is 2.80. The van der Waals surface area contributed by atoms with Crippen molar-refractivity contribution in [1.82, 2.24) is 0 Å². The molecule has 0 aliphatic heterocycles. The van der Waals surface area contributed by atoms with Gasteiger partial charge in [0.2, 0.25) is 0 Å². The Bertz CT molecular complexity index is 472. The third kappa shape index (κ3) is 3.87. The molecular weight excluding hydrogens is 250 g/mol. The normalized spacial score (nSPS) is 11.5. The summed E-state index contributed by atoms with van der Waals surface area (Å²) in [6.45, 7) is 3.33. The number of carbonyl (C=O) groups excluding carboxylic acids is 2. The summed E-state index contributed by atoms with van der Waals surface area (Å²) in [7, 11) is 1.47. The van der Waals surface area contributed by atoms with Crippen LogP contribution in [0.15, 0.2) is 18.2 Å². The van der Waals surface area contributed by atoms with E-state index in [1.54, 1.807) is 13.0 Å². The lowest BCUT2D eigenvalue weighted by Crippen LogP contribution is -2.26. The van der Waals surface area contributed by atoms with Crippen LogP contribution in [0.1, 0.15) is 24.2 Å². The largest absolute Gasteiger partial charge is 0.497 e. The molecule has 19 heavy (non-hydrogen) atoms. The number of rotatable bonds is 5. The molecule has 1 aromatic carbocycles. The number of ether oxygens (including phenoxy) is 3. The highest BCUT2D eigenvalue weighted by molar-refractivity contribution is 5.96. The third-order valence-corrected chi connectivity index (χ3v) is 2.38. The number of hydrogen-bond donors (Lipinski definition) is 1. The molecule has 0 amide bonds. The van der Waals surface area contributed by atoms with Gasteiger partial charge in [-0.05, 0) is 32.0 Å². The highest BCUT2D eigenvalue weighted by atomic mass is 16.6. The number of hydrogen-bond acceptors (Lipinski definition) is 6. The molecule has 2 N–H and O–H groups in total. The highest BCUT2D eigenvalue weighted by Gasteiger charge is 2.21. The summed E-state index contributed by atoms with van der Waals surface area (Å²) in [5, 5.41) is 0. The van der Waals surface area contributed by atoms with Crippen molar-refractivity contribution >= 4 is 17.6 Å². The van der Waals surface area contributed by atoms with E-state index in [2.05, 4.69) is 0 Å². The maximum Gasteiger partial charge on any atom is 0.347 e. The summed E-state index contributed by atoms with van der Waals surface area (Å²) in [4.78, 5) is 23.2. The second kappa shape index (κ2) is 6.63. The lowest BCUT2D eigenvalue weighted by molar-refractivity contribution is -0.152. The van der Waals surface area contributed by atoms with Crippen molar-refractivity contribution in [2.75, 3.05) is 19.5 Å². The molecule has 1 aromatic rings. The second-order valence-electron chi connectivity index (χ2n) is 3.75. The first kappa shape index (κ1) is 14.8. The maximum absolute atomic E-state index is 11.9. The topological polar surface area (TPSA) is 87.8 Å². The molecule has 0 heterocycles. The Morgan fingerprint density at radius 1 is 1.37 bits per heavy atom. The molecule has 6 nitrogen and oxygen atoms in total. The Hall–Kier alpha value is -2.24. The number of methoxy groups -OCH3 is 1. The molecule has 0 saturated heterocycles. The molecule has 0 aliphatic carbocycles. The Kier molecular flexibility index (Phi) is 5.17. The zero-order valence-electron chi connectivity index (χ0n) is 11.1. The highest BCUT2D eigenvalue weighted by Crippen LogP contribution is 2.20. The standard InChI is InChI=1S/C13H17NO5/c1-4-18-12(15)8(2)19-13(16)10-7-9(17-3)5-6-11(10)14/h5-8H,4,14H2,1-3H3. The lowest BCUT2D eigenvalue weighted by atomic mass is 10.1. The van der Waals surface area contributed by atoms with Crippen LogP contribution in [-0.2, 0) is 14.3 Å². The predicted octanol–water partition coefficient (Wildman–Crippen LogP) is 1.39. The van der Waals surface area contributed by atoms with Gasteiger partial charge in [-0.15, -0.1) is 0 Å². The van der Waals surface area contributed by atoms with E-state index in [-0.39, 0.29) is 17.9 Å². The Morgan fingerprint density at radius 2 is 2.05 bits per heavy atom. The van der Waals surface area contributed by atoms with Gasteiger partial charge in [-0.3, -0.25) is 0 Å². The van der Waals surface area contributed by atoms with Crippen LogP contribution in [0.5, 0.6) is 5.75 Å². The van der Waals surface area contributed by atoms with E-state index < -0.39 is 18.0 Å². The molecule has 104 valence electrons. The van der Waals surface area contributed by atoms with E-state index in [1.165, 1.54) is 26.2 Å². The van der Waals surface area contributed by atoms with E-state index in [9.17, 15) is 9.59 Å². The lowest BCUT2D eigenvalue weighted by Gasteiger charge is -2.13. The Morgan fingerprint density at radius 3 is 2.63 bits per heavy atom. The van der Waals surface area contributed by atoms with E-state index in [4.69, 9.17) is 19.9 Å². The third-order valence-electron chi connectivity index (χ3n) is 2.38. The molecule has 1 unspecified atom stereocenters. The maximum atomic E-state index is 11.9. The van der Waals surface area contributed by atoms with E-state index >= 15 is 0 Å². The molecule has 0 saturated carbocycles. The minimum Gasteiger partial charge on any atom is -0.497 e. The molecule has 1 atom stereocenters. The van der Waals surface area contributed by atoms with Gasteiger partial charge in [0.25, 0.3) is 0 Å². The van der Waals surface area contributed by atoms with Crippen LogP contribution in [-0.4, -0.2) is 31.8 Å². The number of nitrogen functional groups attached to an aromatic ring is 1. The summed E-state index contributed by atoms with van der Waals surface area (Å²) < 4.78 is 14.7. The summed E-state index contributed by atoms with van der Waals surface area (Å²) in [5.74, 6) is -0.820. The fourth-order valence-electron chi connectivity index (χ4n) is 1.37. The molecule has 1 rings (SSSR count). The van der Waals surface area contributed by atoms with Gasteiger partial charge >= 0.3 is 11.9 Å². The van der Waals surface area contributed by atoms with Crippen molar-refractivity contribution in [3.05, 3.63) is 23.8 Å². The molecule has 0 fully saturated rings. The van der Waals surface area contributed by atoms with E-state index in [0.717, 1.165) is 0 Å². The van der Waals surface area contributed by atoms with Crippen LogP contribution >= 0.6 is 0 Å². The number of carbonyl (C=O) groups is 2. The number of esters is 2. The minimum atomic E-state index is -0.988. The average molecular weight is 267 g/mol. The van der Waals surface area contributed by atoms with Crippen LogP contribution < -0.4 is 10.5 Å². The predicted molar refractivity (Wildman–Crippen MR) is 68.9 cm³/mol. The zero-order chi connectivity index (χ0) is 14.4. The minimum absolute atomic E-state index is 0.149. The van der Waals surface area contributed by atoms with Crippen molar-refractivity contribution < 1.29 is 23.8 Å². The quantitative estimate of drug-likeness (QED) is 0.640. The van der Waals surface area contributed by atoms with Gasteiger partial charge in [-0.1, -0.05) is 0 Å². The molecule has 6 heteroatoms. The van der Waals surface area contributed by atoms with Crippen molar-refractivity contribution in [2.45, 2.75) is 20.0 Å². The first-order valence-electron chi connectivity index (χ1n) is 5.80. The van der Waals surface area contributed by atoms with Crippen molar-refractivity contribution in [2.24, 2.45) is 0 Å². The van der Waals surface area contributed by atoms with Crippen LogP contribution in [0.25, 0.3) is 0 Å². The molecule has 0 spiro atoms. The second-order valence-corrected chi connectivity index (χ2v) is 3.75. The first-order valence-corrected chi connectivity index (χ1v) is 5.80. The summed E-state index contributed by atoms with van der Waals surface area (Å²) in [6.07, 6.45) is -0.988. The van der Waals surface area contributed by atoms with Crippen molar-refractivity contribution in [1.29, 1.82) is 0 Å². The molecule has 0 radical (unpaired) electrons. The van der Waals surface area contributed by atoms with Gasteiger partial charge in [0.15, 0.2) is 6.10 Å². The van der Waals surface area contributed by atoms with Crippen LogP contribution in [0.4, 0.5) is 5.69 Å². The first-order chi connectivity index (χ1) is 8.99. The Labute approximate surface area is 111 Å². The van der Waals surface area contributed by atoms with Crippen LogP contribution in [0, 0.1) is 0 Å². The molecule has 0 aromatic heterocycles. The van der Waals surface area contributed by atoms with Gasteiger partial charge in [0, 0.05) is 5.69 Å². The van der Waals surface area contributed by atoms with E-state index in [1.807, 2.05) is 0 Å². The summed E-state index contributed by atoms with van der Waals surface area (Å²) in [5.41, 5.74) is 6.08. The number of nitrogens with two attached hydrogens (primary N) is 1. The van der Waals surface area contributed by atoms with Gasteiger partial charge in [-0.2, -0.15) is 0 Å². The van der Waals surface area contributed by atoms with Gasteiger partial charge in [0.05, 0.1) is 19.3 Å². The zero-order valence-corrected chi connectivity index (χ0v) is 11.1. The van der Waals surface area contributed by atoms with Gasteiger partial charge in [0.1, 0.15) is 5.75 Å². The van der Waals surface area contributed by atoms with Crippen LogP contribution in [0.3, 0.4) is 0 Å². The molecular formula is C13H17NO5. The van der Waals surface area contributed by atoms with Crippen molar-refractivity contribution in [3.8, 4) is 5.75 Å². The van der Waals surface area contributed by atoms with Gasteiger partial charge in [-0.25, -0.2) is 9.59 Å². The SMILES string of the molecule is CCOC(=O)C(C)OC(=O)c1cc(OC)ccc1N. The molecule has 0 bridgehead atoms. The molecule has 0 aliphatic rings. The summed E-state index contributed by atoms with van der Waals surface area (Å²) in [6, 6.07) is 4.61. The van der Waals surface area contributed by atoms with Crippen molar-refractivity contribution in [3.63, 3.8) is 0 Å². The fraction of sp³-hybridized carbons (Fsp3) is 0.385. The summed E-state index contributed by atoms with van der Waals surface area (Å²) >= 11 is 0. The van der Waals surface area contributed by atoms with Crippen LogP contribution in [0.2, 0.25) is 0 Å². The fourth-order valence-corrected chi connectivity index (χ4v) is 1.37. The average Bonchev–Trinajstić information content (AvgIpc) is 2.39. The number of anilines is 1. The number of benzene rings is 1.